The highest BCUT2D eigenvalue weighted by atomic mass is 32.2. The number of amides is 2. The van der Waals surface area contributed by atoms with E-state index in [9.17, 15) is 14.4 Å². The summed E-state index contributed by atoms with van der Waals surface area (Å²) in [5, 5.41) is 10.7. The molecule has 0 aliphatic carbocycles. The second-order valence-electron chi connectivity index (χ2n) is 6.07. The monoisotopic (exact) mass is 454 g/mol. The van der Waals surface area contributed by atoms with Crippen molar-refractivity contribution in [2.75, 3.05) is 11.5 Å². The van der Waals surface area contributed by atoms with Crippen molar-refractivity contribution in [1.82, 2.24) is 25.4 Å². The molecule has 2 atom stereocenters. The minimum Gasteiger partial charge on any atom is -0.375 e. The van der Waals surface area contributed by atoms with E-state index in [1.54, 1.807) is 12.4 Å². The first kappa shape index (κ1) is 19.4. The Bertz CT molecular complexity index is 1000. The smallest absolute Gasteiger partial charge is 0.253 e. The maximum atomic E-state index is 12.7. The fourth-order valence-corrected chi connectivity index (χ4v) is 6.18. The number of carbonyl (C=O) groups excluding carboxylic acids is 3. The quantitative estimate of drug-likeness (QED) is 0.444. The molecule has 0 aromatic carbocycles. The van der Waals surface area contributed by atoms with E-state index in [1.807, 2.05) is 0 Å². The van der Waals surface area contributed by atoms with Crippen molar-refractivity contribution < 1.29 is 14.4 Å². The highest BCUT2D eigenvalue weighted by Gasteiger charge is 2.54. The van der Waals surface area contributed by atoms with Gasteiger partial charge in [-0.05, 0) is 6.92 Å². The van der Waals surface area contributed by atoms with Crippen molar-refractivity contribution >= 4 is 74.7 Å². The van der Waals surface area contributed by atoms with Crippen LogP contribution in [0.25, 0.3) is 5.57 Å². The van der Waals surface area contributed by atoms with Crippen LogP contribution in [0.5, 0.6) is 0 Å². The van der Waals surface area contributed by atoms with Gasteiger partial charge in [0.2, 0.25) is 11.0 Å². The number of rotatable bonds is 5. The van der Waals surface area contributed by atoms with Gasteiger partial charge in [-0.15, -0.1) is 44.6 Å². The van der Waals surface area contributed by atoms with Crippen molar-refractivity contribution in [1.29, 1.82) is 0 Å². The summed E-state index contributed by atoms with van der Waals surface area (Å²) in [6, 6.07) is -0.693. The Balaban J connectivity index is 1.51. The van der Waals surface area contributed by atoms with Crippen LogP contribution < -0.4 is 11.1 Å². The van der Waals surface area contributed by atoms with Gasteiger partial charge in [-0.2, -0.15) is 0 Å². The summed E-state index contributed by atoms with van der Waals surface area (Å²) < 4.78 is 0. The summed E-state index contributed by atoms with van der Waals surface area (Å²) in [6.45, 7) is 1.78. The molecule has 2 aromatic rings. The van der Waals surface area contributed by atoms with Gasteiger partial charge in [-0.1, -0.05) is 12.6 Å². The zero-order valence-electron chi connectivity index (χ0n) is 14.4. The lowest BCUT2D eigenvalue weighted by molar-refractivity contribution is -0.146. The molecule has 2 aliphatic rings. The lowest BCUT2D eigenvalue weighted by Gasteiger charge is -2.49. The fourth-order valence-electron chi connectivity index (χ4n) is 3.07. The zero-order valence-corrected chi connectivity index (χ0v) is 17.8. The van der Waals surface area contributed by atoms with Crippen LogP contribution in [0, 0.1) is 6.92 Å². The molecule has 0 spiro atoms. The number of nitrogen functional groups attached to an aromatic ring is 1. The van der Waals surface area contributed by atoms with Crippen molar-refractivity contribution in [2.45, 2.75) is 24.8 Å². The number of nitrogens with zero attached hydrogens (tertiary/aromatic N) is 4. The molecule has 2 aliphatic heterocycles. The normalized spacial score (nSPS) is 21.4. The first-order chi connectivity index (χ1) is 13.4. The first-order valence-corrected chi connectivity index (χ1v) is 11.2. The second-order valence-corrected chi connectivity index (χ2v) is 9.53. The van der Waals surface area contributed by atoms with Crippen LogP contribution in [0.15, 0.2) is 11.2 Å². The van der Waals surface area contributed by atoms with Gasteiger partial charge in [0.25, 0.3) is 5.91 Å². The predicted octanol–water partition coefficient (Wildman–Crippen LogP) is 0.695. The van der Waals surface area contributed by atoms with Gasteiger partial charge in [-0.3, -0.25) is 19.3 Å². The number of fused-ring (bicyclic) bond motifs is 1. The molecule has 3 N–H and O–H groups in total. The highest BCUT2D eigenvalue weighted by molar-refractivity contribution is 8.00. The first-order valence-electron chi connectivity index (χ1n) is 8.05. The molecular weight excluding hydrogens is 440 g/mol. The number of β-lactam (4-membered cyclic amide) rings is 1. The number of aryl methyl sites for hydroxylation is 1. The minimum absolute atomic E-state index is 0.103. The molecule has 0 bridgehead atoms. The number of nitrogens with one attached hydrogen (secondary N) is 1. The zero-order chi connectivity index (χ0) is 20.0. The third-order valence-electron chi connectivity index (χ3n) is 4.34. The van der Waals surface area contributed by atoms with E-state index in [4.69, 9.17) is 5.73 Å². The Kier molecular flexibility index (Phi) is 5.16. The van der Waals surface area contributed by atoms with Crippen LogP contribution in [0.4, 0.5) is 5.13 Å². The van der Waals surface area contributed by atoms with E-state index in [-0.39, 0.29) is 29.3 Å². The third-order valence-corrected chi connectivity index (χ3v) is 7.57. The molecule has 1 fully saturated rings. The van der Waals surface area contributed by atoms with Crippen molar-refractivity contribution in [3.8, 4) is 0 Å². The average molecular weight is 455 g/mol. The van der Waals surface area contributed by atoms with E-state index in [1.165, 1.54) is 39.3 Å². The largest absolute Gasteiger partial charge is 0.375 e. The summed E-state index contributed by atoms with van der Waals surface area (Å²) in [6.07, 6.45) is 0.103. The van der Waals surface area contributed by atoms with Crippen LogP contribution in [0.2, 0.25) is 0 Å². The Labute approximate surface area is 177 Å². The number of aromatic nitrogens is 3. The Morgan fingerprint density at radius 3 is 2.86 bits per heavy atom. The number of thioether (sulfide) groups is 1. The van der Waals surface area contributed by atoms with Crippen LogP contribution in [0.3, 0.4) is 0 Å². The van der Waals surface area contributed by atoms with Gasteiger partial charge in [-0.25, -0.2) is 4.98 Å². The van der Waals surface area contributed by atoms with Crippen LogP contribution in [0.1, 0.15) is 15.6 Å². The van der Waals surface area contributed by atoms with E-state index >= 15 is 0 Å². The molecule has 1 saturated heterocycles. The number of thiazole rings is 1. The summed E-state index contributed by atoms with van der Waals surface area (Å²) in [5.74, 6) is -0.157. The Morgan fingerprint density at radius 1 is 1.46 bits per heavy atom. The predicted molar refractivity (Wildman–Crippen MR) is 111 cm³/mol. The molecule has 2 amide bonds. The lowest BCUT2D eigenvalue weighted by Crippen LogP contribution is -2.70. The van der Waals surface area contributed by atoms with Gasteiger partial charge in [0.15, 0.2) is 5.13 Å². The second kappa shape index (κ2) is 7.46. The Morgan fingerprint density at radius 2 is 2.25 bits per heavy atom. The maximum absolute atomic E-state index is 12.7. The summed E-state index contributed by atoms with van der Waals surface area (Å²) in [5.41, 5.74) is 8.78. The van der Waals surface area contributed by atoms with Gasteiger partial charge in [0, 0.05) is 16.2 Å². The van der Waals surface area contributed by atoms with Gasteiger partial charge in [0.05, 0.1) is 12.1 Å². The molecule has 9 nitrogen and oxygen atoms in total. The summed E-state index contributed by atoms with van der Waals surface area (Å²) in [7, 11) is 0. The molecule has 4 heterocycles. The van der Waals surface area contributed by atoms with Crippen LogP contribution in [-0.4, -0.2) is 54.2 Å². The van der Waals surface area contributed by atoms with E-state index in [0.717, 1.165) is 4.88 Å². The van der Waals surface area contributed by atoms with Crippen LogP contribution >= 0.6 is 47.1 Å². The number of thiol groups is 1. The minimum atomic E-state index is -0.693. The molecule has 13 heteroatoms. The number of anilines is 1. The Hall–Kier alpha value is -1.96. The molecule has 0 radical (unpaired) electrons. The molecule has 146 valence electrons. The van der Waals surface area contributed by atoms with E-state index < -0.39 is 11.2 Å². The van der Waals surface area contributed by atoms with Gasteiger partial charge in [0.1, 0.15) is 27.6 Å². The fraction of sp³-hybridized carbons (Fsp3) is 0.333. The number of hydrogen-bond acceptors (Lipinski definition) is 10. The highest BCUT2D eigenvalue weighted by Crippen LogP contribution is 2.44. The average Bonchev–Trinajstić information content (AvgIpc) is 3.28. The molecule has 4 rings (SSSR count). The SMILES string of the molecule is Cc1nc(N)sc1CC(=O)N[C@@H]1C(=O)N2C(C(=O)S)=C(c3nncs3)CS[C@H]12. The topological polar surface area (TPSA) is 131 Å². The van der Waals surface area contributed by atoms with Gasteiger partial charge >= 0.3 is 0 Å². The van der Waals surface area contributed by atoms with Gasteiger partial charge < -0.3 is 11.1 Å². The summed E-state index contributed by atoms with van der Waals surface area (Å²) >= 11 is 7.95. The van der Waals surface area contributed by atoms with E-state index in [0.29, 0.717) is 27.2 Å². The number of nitrogens with two attached hydrogens (primary N) is 1. The van der Waals surface area contributed by atoms with Crippen molar-refractivity contribution in [2.24, 2.45) is 0 Å². The van der Waals surface area contributed by atoms with Crippen LogP contribution in [-0.2, 0) is 20.8 Å². The summed E-state index contributed by atoms with van der Waals surface area (Å²) in [4.78, 5) is 43.5. The third kappa shape index (κ3) is 3.32. The molecule has 0 unspecified atom stereocenters. The number of carbonyl (C=O) groups is 3. The standard InChI is InChI=1S/C15H14N6O3S4/c1-5-7(28-15(16)18-5)2-8(22)19-9-12(23)21-10(14(24)25)6(3-26-13(9)21)11-20-17-4-27-11/h4,9,13H,2-3H2,1H3,(H2,16,18)(H,19,22)(H,24,25)/t9-,13-/m1/s1. The molecule has 28 heavy (non-hydrogen) atoms. The molecule has 0 saturated carbocycles. The number of hydrogen-bond donors (Lipinski definition) is 3. The maximum Gasteiger partial charge on any atom is 0.253 e. The lowest BCUT2D eigenvalue weighted by atomic mass is 10.0. The van der Waals surface area contributed by atoms with Crippen molar-refractivity contribution in [3.63, 3.8) is 0 Å². The van der Waals surface area contributed by atoms with Crippen molar-refractivity contribution in [3.05, 3.63) is 26.8 Å². The van der Waals surface area contributed by atoms with E-state index in [2.05, 4.69) is 33.1 Å². The molecular formula is C15H14N6O3S4. The molecule has 2 aromatic heterocycles.